The minimum absolute atomic E-state index is 0.0726. The molecule has 3 N–H and O–H groups in total. The molecule has 15 heavy (non-hydrogen) atoms. The number of phenolic OH excluding ortho intramolecular Hbond substituents is 2. The van der Waals surface area contributed by atoms with Crippen LogP contribution in [0.3, 0.4) is 0 Å². The van der Waals surface area contributed by atoms with Gasteiger partial charge in [-0.1, -0.05) is 12.1 Å². The second kappa shape index (κ2) is 3.16. The molecule has 0 fully saturated rings. The molecule has 0 radical (unpaired) electrons. The predicted octanol–water partition coefficient (Wildman–Crippen LogP) is 1.95. The fourth-order valence-corrected chi connectivity index (χ4v) is 1.43. The third-order valence-electron chi connectivity index (χ3n) is 2.22. The van der Waals surface area contributed by atoms with Gasteiger partial charge >= 0.3 is 5.97 Å². The zero-order chi connectivity index (χ0) is 11.0. The van der Waals surface area contributed by atoms with Gasteiger partial charge in [0.2, 0.25) is 0 Å². The van der Waals surface area contributed by atoms with Crippen molar-refractivity contribution in [3.8, 4) is 11.5 Å². The zero-order valence-corrected chi connectivity index (χ0v) is 7.64. The summed E-state index contributed by atoms with van der Waals surface area (Å²) in [4.78, 5) is 10.7. The van der Waals surface area contributed by atoms with E-state index in [0.717, 1.165) is 0 Å². The van der Waals surface area contributed by atoms with Gasteiger partial charge in [0.15, 0.2) is 11.5 Å². The monoisotopic (exact) mass is 204 g/mol. The van der Waals surface area contributed by atoms with Gasteiger partial charge < -0.3 is 15.3 Å². The molecule has 76 valence electrons. The first-order chi connectivity index (χ1) is 7.09. The van der Waals surface area contributed by atoms with Crippen LogP contribution < -0.4 is 0 Å². The lowest BCUT2D eigenvalue weighted by atomic mass is 10.1. The van der Waals surface area contributed by atoms with E-state index in [4.69, 9.17) is 5.11 Å². The van der Waals surface area contributed by atoms with Crippen molar-refractivity contribution in [2.45, 2.75) is 0 Å². The number of fused-ring (bicyclic) bond motifs is 1. The molecule has 0 heterocycles. The van der Waals surface area contributed by atoms with Crippen LogP contribution >= 0.6 is 0 Å². The number of carboxylic acids is 1. The van der Waals surface area contributed by atoms with Crippen LogP contribution in [0.5, 0.6) is 11.5 Å². The van der Waals surface area contributed by atoms with Crippen molar-refractivity contribution in [3.05, 3.63) is 35.9 Å². The molecule has 0 aliphatic rings. The molecule has 2 aromatic rings. The van der Waals surface area contributed by atoms with Gasteiger partial charge in [0.05, 0.1) is 5.56 Å². The molecule has 0 spiro atoms. The molecule has 4 nitrogen and oxygen atoms in total. The van der Waals surface area contributed by atoms with Gasteiger partial charge in [0.1, 0.15) is 0 Å². The molecule has 2 rings (SSSR count). The summed E-state index contributed by atoms with van der Waals surface area (Å²) in [5.41, 5.74) is 0.0726. The van der Waals surface area contributed by atoms with Crippen LogP contribution in [0.1, 0.15) is 10.4 Å². The summed E-state index contributed by atoms with van der Waals surface area (Å²) >= 11 is 0. The molecule has 0 atom stereocenters. The van der Waals surface area contributed by atoms with Crippen LogP contribution in [0.2, 0.25) is 0 Å². The second-order valence-electron chi connectivity index (χ2n) is 3.17. The average molecular weight is 204 g/mol. The Morgan fingerprint density at radius 1 is 1.07 bits per heavy atom. The third kappa shape index (κ3) is 1.46. The van der Waals surface area contributed by atoms with Gasteiger partial charge in [0, 0.05) is 5.39 Å². The SMILES string of the molecule is O=C(O)c1ccc2ccc(O)c(O)c2c1. The molecule has 0 saturated heterocycles. The van der Waals surface area contributed by atoms with E-state index in [0.29, 0.717) is 10.8 Å². The van der Waals surface area contributed by atoms with E-state index in [2.05, 4.69) is 0 Å². The Bertz CT molecular complexity index is 546. The van der Waals surface area contributed by atoms with Crippen molar-refractivity contribution in [1.29, 1.82) is 0 Å². The highest BCUT2D eigenvalue weighted by molar-refractivity contribution is 5.97. The van der Waals surface area contributed by atoms with Crippen LogP contribution in [0.4, 0.5) is 0 Å². The smallest absolute Gasteiger partial charge is 0.335 e. The van der Waals surface area contributed by atoms with Crippen LogP contribution in [-0.2, 0) is 0 Å². The lowest BCUT2D eigenvalue weighted by molar-refractivity contribution is 0.0697. The van der Waals surface area contributed by atoms with E-state index in [-0.39, 0.29) is 17.1 Å². The molecular formula is C11H8O4. The molecule has 4 heteroatoms. The topological polar surface area (TPSA) is 77.8 Å². The largest absolute Gasteiger partial charge is 0.504 e. The van der Waals surface area contributed by atoms with E-state index in [1.165, 1.54) is 18.2 Å². The highest BCUT2D eigenvalue weighted by Crippen LogP contribution is 2.33. The average Bonchev–Trinajstić information content (AvgIpc) is 2.23. The number of aromatic hydroxyl groups is 2. The van der Waals surface area contributed by atoms with E-state index >= 15 is 0 Å². The normalized spacial score (nSPS) is 10.4. The fourth-order valence-electron chi connectivity index (χ4n) is 1.43. The van der Waals surface area contributed by atoms with E-state index < -0.39 is 5.97 Å². The fraction of sp³-hybridized carbons (Fsp3) is 0. The van der Waals surface area contributed by atoms with Crippen LogP contribution in [0, 0.1) is 0 Å². The molecule has 0 aliphatic carbocycles. The molecular weight excluding hydrogens is 196 g/mol. The van der Waals surface area contributed by atoms with Gasteiger partial charge in [-0.2, -0.15) is 0 Å². The lowest BCUT2D eigenvalue weighted by Gasteiger charge is -2.03. The summed E-state index contributed by atoms with van der Waals surface area (Å²) < 4.78 is 0. The first-order valence-electron chi connectivity index (χ1n) is 4.27. The molecule has 0 aromatic heterocycles. The van der Waals surface area contributed by atoms with Crippen LogP contribution in [0.15, 0.2) is 30.3 Å². The molecule has 2 aromatic carbocycles. The zero-order valence-electron chi connectivity index (χ0n) is 7.64. The molecule has 0 bridgehead atoms. The Hall–Kier alpha value is -2.23. The van der Waals surface area contributed by atoms with Gasteiger partial charge in [-0.3, -0.25) is 0 Å². The van der Waals surface area contributed by atoms with E-state index in [1.807, 2.05) is 0 Å². The summed E-state index contributed by atoms with van der Waals surface area (Å²) in [5.74, 6) is -1.62. The first kappa shape index (κ1) is 9.33. The maximum absolute atomic E-state index is 10.7. The number of aromatic carboxylic acids is 1. The maximum atomic E-state index is 10.7. The predicted molar refractivity (Wildman–Crippen MR) is 54.2 cm³/mol. The number of carboxylic acid groups (broad SMARTS) is 1. The van der Waals surface area contributed by atoms with Crippen molar-refractivity contribution in [2.24, 2.45) is 0 Å². The van der Waals surface area contributed by atoms with Gasteiger partial charge in [0.25, 0.3) is 0 Å². The van der Waals surface area contributed by atoms with Crippen molar-refractivity contribution >= 4 is 16.7 Å². The summed E-state index contributed by atoms with van der Waals surface area (Å²) in [7, 11) is 0. The minimum atomic E-state index is -1.07. The quantitative estimate of drug-likeness (QED) is 0.620. The lowest BCUT2D eigenvalue weighted by Crippen LogP contribution is -1.95. The van der Waals surface area contributed by atoms with Crippen LogP contribution in [0.25, 0.3) is 10.8 Å². The minimum Gasteiger partial charge on any atom is -0.504 e. The van der Waals surface area contributed by atoms with E-state index in [1.54, 1.807) is 12.1 Å². The molecule has 0 unspecified atom stereocenters. The van der Waals surface area contributed by atoms with Crippen molar-refractivity contribution in [3.63, 3.8) is 0 Å². The Balaban J connectivity index is 2.79. The first-order valence-corrected chi connectivity index (χ1v) is 4.27. The third-order valence-corrected chi connectivity index (χ3v) is 2.22. The van der Waals surface area contributed by atoms with Gasteiger partial charge in [-0.15, -0.1) is 0 Å². The summed E-state index contributed by atoms with van der Waals surface area (Å²) in [6.07, 6.45) is 0. The van der Waals surface area contributed by atoms with Crippen molar-refractivity contribution in [2.75, 3.05) is 0 Å². The van der Waals surface area contributed by atoms with Crippen molar-refractivity contribution < 1.29 is 20.1 Å². The number of phenols is 2. The number of carbonyl (C=O) groups is 1. The molecule has 0 saturated carbocycles. The van der Waals surface area contributed by atoms with Gasteiger partial charge in [-0.05, 0) is 23.6 Å². The van der Waals surface area contributed by atoms with E-state index in [9.17, 15) is 15.0 Å². The summed E-state index contributed by atoms with van der Waals surface area (Å²) in [6.45, 7) is 0. The highest BCUT2D eigenvalue weighted by Gasteiger charge is 2.08. The van der Waals surface area contributed by atoms with Crippen LogP contribution in [-0.4, -0.2) is 21.3 Å². The maximum Gasteiger partial charge on any atom is 0.335 e. The summed E-state index contributed by atoms with van der Waals surface area (Å²) in [5, 5.41) is 28.5. The molecule has 0 aliphatic heterocycles. The highest BCUT2D eigenvalue weighted by atomic mass is 16.4. The number of hydrogen-bond acceptors (Lipinski definition) is 3. The Kier molecular flexibility index (Phi) is 1.97. The summed E-state index contributed by atoms with van der Waals surface area (Å²) in [6, 6.07) is 7.32. The van der Waals surface area contributed by atoms with Crippen molar-refractivity contribution in [1.82, 2.24) is 0 Å². The number of rotatable bonds is 1. The number of hydrogen-bond donors (Lipinski definition) is 3. The Labute approximate surface area is 85.0 Å². The number of benzene rings is 2. The molecule has 0 amide bonds. The second-order valence-corrected chi connectivity index (χ2v) is 3.17. The standard InChI is InChI=1S/C11H8O4/c12-9-4-3-6-1-2-7(11(14)15)5-8(6)10(9)13/h1-5,12-13H,(H,14,15). The van der Waals surface area contributed by atoms with Gasteiger partial charge in [-0.25, -0.2) is 4.79 Å². The Morgan fingerprint density at radius 3 is 2.40 bits per heavy atom. The Morgan fingerprint density at radius 2 is 1.73 bits per heavy atom.